The molecule has 0 radical (unpaired) electrons. The molecule has 1 atom stereocenters. The van der Waals surface area contributed by atoms with E-state index < -0.39 is 12.1 Å². The molecule has 0 spiro atoms. The minimum atomic E-state index is -0.715. The Morgan fingerprint density at radius 2 is 2.07 bits per heavy atom. The Morgan fingerprint density at radius 3 is 2.79 bits per heavy atom. The first-order chi connectivity index (χ1) is 13.4. The lowest BCUT2D eigenvalue weighted by atomic mass is 9.94. The average molecular weight is 402 g/mol. The molecule has 0 saturated heterocycles. The van der Waals surface area contributed by atoms with Gasteiger partial charge >= 0.3 is 6.03 Å². The van der Waals surface area contributed by atoms with E-state index in [1.165, 1.54) is 6.07 Å². The van der Waals surface area contributed by atoms with Gasteiger partial charge in [-0.3, -0.25) is 4.79 Å². The lowest BCUT2D eigenvalue weighted by Gasteiger charge is -2.29. The van der Waals surface area contributed by atoms with Crippen molar-refractivity contribution >= 4 is 29.2 Å². The van der Waals surface area contributed by atoms with Crippen molar-refractivity contribution in [1.82, 2.24) is 10.6 Å². The van der Waals surface area contributed by atoms with Gasteiger partial charge in [-0.05, 0) is 49.7 Å². The highest BCUT2D eigenvalue weighted by Gasteiger charge is 2.31. The van der Waals surface area contributed by atoms with Gasteiger partial charge in [-0.25, -0.2) is 4.79 Å². The van der Waals surface area contributed by atoms with E-state index in [2.05, 4.69) is 16.0 Å². The number of halogens is 1. The Bertz CT molecular complexity index is 958. The number of phenols is 1. The molecule has 7 nitrogen and oxygen atoms in total. The molecular weight excluding hydrogens is 382 g/mol. The second-order valence-electron chi connectivity index (χ2n) is 6.19. The zero-order chi connectivity index (χ0) is 20.3. The van der Waals surface area contributed by atoms with E-state index in [0.717, 1.165) is 0 Å². The van der Waals surface area contributed by atoms with E-state index in [1.807, 2.05) is 0 Å². The van der Waals surface area contributed by atoms with Crippen molar-refractivity contribution in [3.05, 3.63) is 64.3 Å². The molecule has 1 aliphatic heterocycles. The molecule has 2 aromatic carbocycles. The van der Waals surface area contributed by atoms with Crippen LogP contribution in [0.1, 0.15) is 25.5 Å². The van der Waals surface area contributed by atoms with Gasteiger partial charge in [0.1, 0.15) is 0 Å². The normalized spacial score (nSPS) is 16.2. The maximum atomic E-state index is 13.0. The third-order valence-electron chi connectivity index (χ3n) is 4.21. The highest BCUT2D eigenvalue weighted by atomic mass is 35.5. The third-order valence-corrected chi connectivity index (χ3v) is 4.45. The number of rotatable bonds is 5. The number of allylic oxidation sites excluding steroid dienone is 1. The van der Waals surface area contributed by atoms with Crippen molar-refractivity contribution in [2.24, 2.45) is 0 Å². The van der Waals surface area contributed by atoms with Crippen LogP contribution in [0.4, 0.5) is 10.5 Å². The van der Waals surface area contributed by atoms with Gasteiger partial charge in [0.15, 0.2) is 11.5 Å². The van der Waals surface area contributed by atoms with E-state index in [9.17, 15) is 14.7 Å². The van der Waals surface area contributed by atoms with Gasteiger partial charge in [0.25, 0.3) is 5.91 Å². The monoisotopic (exact) mass is 401 g/mol. The van der Waals surface area contributed by atoms with Crippen molar-refractivity contribution < 1.29 is 19.4 Å². The average Bonchev–Trinajstić information content (AvgIpc) is 2.63. The molecule has 0 aromatic heterocycles. The summed E-state index contributed by atoms with van der Waals surface area (Å²) in [7, 11) is 0. The van der Waals surface area contributed by atoms with Gasteiger partial charge in [0, 0.05) is 16.4 Å². The Hall–Kier alpha value is -3.19. The molecule has 0 bridgehead atoms. The number of carbonyl (C=O) groups excluding carboxylic acids is 2. The van der Waals surface area contributed by atoms with Gasteiger partial charge in [-0.1, -0.05) is 23.7 Å². The van der Waals surface area contributed by atoms with Crippen LogP contribution < -0.4 is 20.7 Å². The SMILES string of the molecule is CCOc1cc([C@@H]2NC(=O)NC(C)=C2C(=O)Nc2cccc(Cl)c2)ccc1O. The van der Waals surface area contributed by atoms with Gasteiger partial charge < -0.3 is 25.8 Å². The van der Waals surface area contributed by atoms with Gasteiger partial charge in [0.05, 0.1) is 18.2 Å². The van der Waals surface area contributed by atoms with Gasteiger partial charge in [-0.15, -0.1) is 0 Å². The third kappa shape index (κ3) is 4.20. The van der Waals surface area contributed by atoms with Crippen molar-refractivity contribution in [2.75, 3.05) is 11.9 Å². The molecule has 0 saturated carbocycles. The standard InChI is InChI=1S/C20H20ClN3O4/c1-3-28-16-9-12(7-8-15(16)25)18-17(11(2)22-20(27)24-18)19(26)23-14-6-4-5-13(21)10-14/h4-10,18,25H,3H2,1-2H3,(H,23,26)(H2,22,24,27)/t18-/m0/s1. The highest BCUT2D eigenvalue weighted by Crippen LogP contribution is 2.34. The number of anilines is 1. The first kappa shape index (κ1) is 19.6. The van der Waals surface area contributed by atoms with Crippen LogP contribution >= 0.6 is 11.6 Å². The van der Waals surface area contributed by atoms with Crippen LogP contribution in [0.25, 0.3) is 0 Å². The summed E-state index contributed by atoms with van der Waals surface area (Å²) >= 11 is 5.98. The molecule has 1 heterocycles. The maximum absolute atomic E-state index is 13.0. The van der Waals surface area contributed by atoms with E-state index in [0.29, 0.717) is 34.2 Å². The first-order valence-electron chi connectivity index (χ1n) is 8.70. The first-order valence-corrected chi connectivity index (χ1v) is 9.07. The number of hydrogen-bond donors (Lipinski definition) is 4. The second-order valence-corrected chi connectivity index (χ2v) is 6.63. The zero-order valence-corrected chi connectivity index (χ0v) is 16.1. The lowest BCUT2D eigenvalue weighted by molar-refractivity contribution is -0.113. The van der Waals surface area contributed by atoms with Crippen molar-refractivity contribution in [1.29, 1.82) is 0 Å². The second kappa shape index (κ2) is 8.22. The van der Waals surface area contributed by atoms with Crippen LogP contribution in [0.2, 0.25) is 5.02 Å². The van der Waals surface area contributed by atoms with Crippen molar-refractivity contribution in [3.63, 3.8) is 0 Å². The summed E-state index contributed by atoms with van der Waals surface area (Å²) in [5, 5.41) is 18.6. The molecule has 3 rings (SSSR count). The predicted octanol–water partition coefficient (Wildman–Crippen LogP) is 3.71. The summed E-state index contributed by atoms with van der Waals surface area (Å²) < 4.78 is 5.42. The molecule has 1 aliphatic rings. The van der Waals surface area contributed by atoms with Gasteiger partial charge in [0.2, 0.25) is 0 Å². The van der Waals surface area contributed by atoms with Crippen molar-refractivity contribution in [3.8, 4) is 11.5 Å². The number of benzene rings is 2. The number of hydrogen-bond acceptors (Lipinski definition) is 4. The minimum absolute atomic E-state index is 0.0171. The Labute approximate surface area is 167 Å². The lowest BCUT2D eigenvalue weighted by Crippen LogP contribution is -2.45. The van der Waals surface area contributed by atoms with Crippen LogP contribution in [0.15, 0.2) is 53.7 Å². The molecular formula is C20H20ClN3O4. The fourth-order valence-electron chi connectivity index (χ4n) is 2.99. The number of amides is 3. The number of nitrogens with one attached hydrogen (secondary N) is 3. The number of carbonyl (C=O) groups is 2. The zero-order valence-electron chi connectivity index (χ0n) is 15.4. The topological polar surface area (TPSA) is 99.7 Å². The molecule has 8 heteroatoms. The maximum Gasteiger partial charge on any atom is 0.319 e. The fraction of sp³-hybridized carbons (Fsp3) is 0.200. The Morgan fingerprint density at radius 1 is 1.29 bits per heavy atom. The molecule has 3 amide bonds. The summed E-state index contributed by atoms with van der Waals surface area (Å²) in [5.41, 5.74) is 1.91. The summed E-state index contributed by atoms with van der Waals surface area (Å²) in [6.45, 7) is 3.82. The molecule has 2 aromatic rings. The van der Waals surface area contributed by atoms with E-state index in [-0.39, 0.29) is 17.4 Å². The number of urea groups is 1. The van der Waals surface area contributed by atoms with Crippen LogP contribution in [0.5, 0.6) is 11.5 Å². The molecule has 0 unspecified atom stereocenters. The van der Waals surface area contributed by atoms with Crippen LogP contribution in [0.3, 0.4) is 0 Å². The van der Waals surface area contributed by atoms with Crippen LogP contribution in [0, 0.1) is 0 Å². The Balaban J connectivity index is 1.97. The summed E-state index contributed by atoms with van der Waals surface area (Å²) in [6.07, 6.45) is 0. The predicted molar refractivity (Wildman–Crippen MR) is 106 cm³/mol. The number of phenolic OH excluding ortho intramolecular Hbond substituents is 1. The summed E-state index contributed by atoms with van der Waals surface area (Å²) in [4.78, 5) is 25.0. The van der Waals surface area contributed by atoms with E-state index in [4.69, 9.17) is 16.3 Å². The summed E-state index contributed by atoms with van der Waals surface area (Å²) in [5.74, 6) is -0.125. The molecule has 0 aliphatic carbocycles. The minimum Gasteiger partial charge on any atom is -0.504 e. The van der Waals surface area contributed by atoms with E-state index >= 15 is 0 Å². The van der Waals surface area contributed by atoms with Gasteiger partial charge in [-0.2, -0.15) is 0 Å². The smallest absolute Gasteiger partial charge is 0.319 e. The van der Waals surface area contributed by atoms with Crippen LogP contribution in [-0.4, -0.2) is 23.7 Å². The molecule has 0 fully saturated rings. The number of ether oxygens (including phenoxy) is 1. The largest absolute Gasteiger partial charge is 0.504 e. The Kier molecular flexibility index (Phi) is 5.75. The molecule has 28 heavy (non-hydrogen) atoms. The van der Waals surface area contributed by atoms with Crippen LogP contribution in [-0.2, 0) is 4.79 Å². The highest BCUT2D eigenvalue weighted by molar-refractivity contribution is 6.31. The van der Waals surface area contributed by atoms with E-state index in [1.54, 1.807) is 50.2 Å². The van der Waals surface area contributed by atoms with Crippen molar-refractivity contribution in [2.45, 2.75) is 19.9 Å². The fourth-order valence-corrected chi connectivity index (χ4v) is 3.18. The summed E-state index contributed by atoms with van der Waals surface area (Å²) in [6, 6.07) is 10.4. The molecule has 4 N–H and O–H groups in total. The molecule has 146 valence electrons. The quantitative estimate of drug-likeness (QED) is 0.613. The number of aromatic hydroxyl groups is 1.